The third kappa shape index (κ3) is 2.59. The van der Waals surface area contributed by atoms with Crippen molar-refractivity contribution in [3.05, 3.63) is 34.8 Å². The molecule has 0 bridgehead atoms. The lowest BCUT2D eigenvalue weighted by atomic mass is 10.1. The molecule has 2 aromatic rings. The molecule has 1 aromatic heterocycles. The van der Waals surface area contributed by atoms with Crippen LogP contribution in [0.4, 0.5) is 10.8 Å². The fourth-order valence-corrected chi connectivity index (χ4v) is 1.96. The third-order valence-corrected chi connectivity index (χ3v) is 3.03. The molecule has 0 saturated heterocycles. The molecular formula is C11H12N4OS. The number of aryl methyl sites for hydroxylation is 1. The zero-order valence-corrected chi connectivity index (χ0v) is 10.1. The highest BCUT2D eigenvalue weighted by molar-refractivity contribution is 7.16. The summed E-state index contributed by atoms with van der Waals surface area (Å²) >= 11 is 1.07. The Balaban J connectivity index is 2.18. The van der Waals surface area contributed by atoms with Crippen LogP contribution in [-0.4, -0.2) is 16.1 Å². The van der Waals surface area contributed by atoms with Gasteiger partial charge in [-0.3, -0.25) is 4.79 Å². The molecule has 0 saturated carbocycles. The second kappa shape index (κ2) is 4.92. The van der Waals surface area contributed by atoms with Crippen LogP contribution in [0.1, 0.15) is 22.3 Å². The first-order valence-corrected chi connectivity index (χ1v) is 6.00. The van der Waals surface area contributed by atoms with E-state index in [1.54, 1.807) is 0 Å². The minimum atomic E-state index is -0.278. The summed E-state index contributed by atoms with van der Waals surface area (Å²) in [6.07, 6.45) is 0.856. The number of hydrogen-bond donors (Lipinski definition) is 2. The molecule has 5 nitrogen and oxygen atoms in total. The lowest BCUT2D eigenvalue weighted by molar-refractivity contribution is 0.102. The molecule has 0 aliphatic carbocycles. The van der Waals surface area contributed by atoms with E-state index in [1.165, 1.54) is 0 Å². The molecule has 0 fully saturated rings. The number of carbonyl (C=O) groups excluding carboxylic acids is 1. The van der Waals surface area contributed by atoms with Crippen molar-refractivity contribution in [2.24, 2.45) is 0 Å². The Labute approximate surface area is 103 Å². The molecule has 0 atom stereocenters. The molecule has 6 heteroatoms. The van der Waals surface area contributed by atoms with Gasteiger partial charge in [0.15, 0.2) is 0 Å². The van der Waals surface area contributed by atoms with Gasteiger partial charge >= 0.3 is 0 Å². The molecule has 17 heavy (non-hydrogen) atoms. The summed E-state index contributed by atoms with van der Waals surface area (Å²) < 4.78 is 0. The normalized spacial score (nSPS) is 10.2. The monoisotopic (exact) mass is 248 g/mol. The van der Waals surface area contributed by atoms with Gasteiger partial charge in [0, 0.05) is 5.69 Å². The minimum Gasteiger partial charge on any atom is -0.374 e. The topological polar surface area (TPSA) is 80.9 Å². The van der Waals surface area contributed by atoms with Crippen molar-refractivity contribution >= 4 is 28.1 Å². The summed E-state index contributed by atoms with van der Waals surface area (Å²) in [5, 5.41) is 10.7. The first-order chi connectivity index (χ1) is 8.20. The Morgan fingerprint density at radius 1 is 1.41 bits per heavy atom. The van der Waals surface area contributed by atoms with Crippen molar-refractivity contribution in [2.75, 3.05) is 11.1 Å². The van der Waals surface area contributed by atoms with E-state index in [0.29, 0.717) is 5.13 Å². The molecule has 2 rings (SSSR count). The number of para-hydroxylation sites is 1. The summed E-state index contributed by atoms with van der Waals surface area (Å²) in [5.74, 6) is -0.278. The van der Waals surface area contributed by atoms with Crippen molar-refractivity contribution in [3.8, 4) is 0 Å². The second-order valence-electron chi connectivity index (χ2n) is 3.41. The molecule has 0 spiro atoms. The fourth-order valence-electron chi connectivity index (χ4n) is 1.45. The number of rotatable bonds is 3. The lowest BCUT2D eigenvalue weighted by Gasteiger charge is -2.07. The van der Waals surface area contributed by atoms with Crippen LogP contribution in [0.5, 0.6) is 0 Å². The largest absolute Gasteiger partial charge is 0.374 e. The standard InChI is InChI=1S/C11H12N4OS/c1-2-7-5-3-4-6-8(7)13-9(16)10-14-15-11(12)17-10/h3-6H,2H2,1H3,(H2,12,15)(H,13,16). The first kappa shape index (κ1) is 11.5. The van der Waals surface area contributed by atoms with E-state index < -0.39 is 0 Å². The number of anilines is 2. The van der Waals surface area contributed by atoms with Gasteiger partial charge in [-0.25, -0.2) is 0 Å². The number of amides is 1. The van der Waals surface area contributed by atoms with Gasteiger partial charge in [0.2, 0.25) is 10.1 Å². The van der Waals surface area contributed by atoms with Gasteiger partial charge in [-0.15, -0.1) is 10.2 Å². The van der Waals surface area contributed by atoms with E-state index in [0.717, 1.165) is 29.0 Å². The lowest BCUT2D eigenvalue weighted by Crippen LogP contribution is -2.12. The number of carbonyl (C=O) groups is 1. The maximum atomic E-state index is 11.8. The van der Waals surface area contributed by atoms with E-state index in [4.69, 9.17) is 5.73 Å². The van der Waals surface area contributed by atoms with Gasteiger partial charge in [-0.1, -0.05) is 36.5 Å². The van der Waals surface area contributed by atoms with Gasteiger partial charge in [-0.05, 0) is 18.1 Å². The predicted octanol–water partition coefficient (Wildman–Crippen LogP) is 1.93. The number of benzene rings is 1. The predicted molar refractivity (Wildman–Crippen MR) is 68.1 cm³/mol. The Bertz CT molecular complexity index is 538. The van der Waals surface area contributed by atoms with Gasteiger partial charge in [0.25, 0.3) is 5.91 Å². The number of nitrogen functional groups attached to an aromatic ring is 1. The van der Waals surface area contributed by atoms with Crippen molar-refractivity contribution in [1.82, 2.24) is 10.2 Å². The molecule has 0 unspecified atom stereocenters. The number of nitrogens with zero attached hydrogens (tertiary/aromatic N) is 2. The number of hydrogen-bond acceptors (Lipinski definition) is 5. The molecular weight excluding hydrogens is 236 g/mol. The van der Waals surface area contributed by atoms with Gasteiger partial charge in [0.05, 0.1) is 0 Å². The maximum absolute atomic E-state index is 11.8. The summed E-state index contributed by atoms with van der Waals surface area (Å²) in [6, 6.07) is 7.66. The fraction of sp³-hybridized carbons (Fsp3) is 0.182. The van der Waals surface area contributed by atoms with Crippen LogP contribution in [0.15, 0.2) is 24.3 Å². The highest BCUT2D eigenvalue weighted by Crippen LogP contribution is 2.18. The Hall–Kier alpha value is -1.95. The molecule has 1 aromatic carbocycles. The summed E-state index contributed by atoms with van der Waals surface area (Å²) in [5.41, 5.74) is 7.31. The zero-order chi connectivity index (χ0) is 12.3. The first-order valence-electron chi connectivity index (χ1n) is 5.19. The quantitative estimate of drug-likeness (QED) is 0.869. The zero-order valence-electron chi connectivity index (χ0n) is 9.30. The molecule has 1 heterocycles. The number of nitrogens with two attached hydrogens (primary N) is 1. The van der Waals surface area contributed by atoms with Crippen LogP contribution in [-0.2, 0) is 6.42 Å². The minimum absolute atomic E-state index is 0.272. The molecule has 3 N–H and O–H groups in total. The number of nitrogens with one attached hydrogen (secondary N) is 1. The van der Waals surface area contributed by atoms with E-state index in [2.05, 4.69) is 15.5 Å². The smallest absolute Gasteiger partial charge is 0.286 e. The van der Waals surface area contributed by atoms with Crippen molar-refractivity contribution < 1.29 is 4.79 Å². The highest BCUT2D eigenvalue weighted by atomic mass is 32.1. The van der Waals surface area contributed by atoms with Gasteiger partial charge in [-0.2, -0.15) is 0 Å². The summed E-state index contributed by atoms with van der Waals surface area (Å²) in [6.45, 7) is 2.04. The van der Waals surface area contributed by atoms with Crippen LogP contribution in [0.25, 0.3) is 0 Å². The van der Waals surface area contributed by atoms with E-state index in [-0.39, 0.29) is 10.9 Å². The summed E-state index contributed by atoms with van der Waals surface area (Å²) in [7, 11) is 0. The van der Waals surface area contributed by atoms with Crippen molar-refractivity contribution in [2.45, 2.75) is 13.3 Å². The third-order valence-electron chi connectivity index (χ3n) is 2.28. The Morgan fingerprint density at radius 3 is 2.82 bits per heavy atom. The molecule has 0 aliphatic heterocycles. The summed E-state index contributed by atoms with van der Waals surface area (Å²) in [4.78, 5) is 11.8. The van der Waals surface area contributed by atoms with Crippen molar-refractivity contribution in [1.29, 1.82) is 0 Å². The van der Waals surface area contributed by atoms with Gasteiger partial charge in [0.1, 0.15) is 0 Å². The number of aromatic nitrogens is 2. The maximum Gasteiger partial charge on any atom is 0.286 e. The van der Waals surface area contributed by atoms with Crippen LogP contribution in [0.2, 0.25) is 0 Å². The second-order valence-corrected chi connectivity index (χ2v) is 4.42. The Morgan fingerprint density at radius 2 is 2.18 bits per heavy atom. The Kier molecular flexibility index (Phi) is 3.34. The average molecular weight is 248 g/mol. The van der Waals surface area contributed by atoms with E-state index in [1.807, 2.05) is 31.2 Å². The van der Waals surface area contributed by atoms with Crippen LogP contribution < -0.4 is 11.1 Å². The van der Waals surface area contributed by atoms with Crippen LogP contribution >= 0.6 is 11.3 Å². The van der Waals surface area contributed by atoms with Crippen LogP contribution in [0.3, 0.4) is 0 Å². The van der Waals surface area contributed by atoms with E-state index in [9.17, 15) is 4.79 Å². The molecule has 0 radical (unpaired) electrons. The van der Waals surface area contributed by atoms with E-state index >= 15 is 0 Å². The van der Waals surface area contributed by atoms with Crippen LogP contribution in [0, 0.1) is 0 Å². The molecule has 88 valence electrons. The SMILES string of the molecule is CCc1ccccc1NC(=O)c1nnc(N)s1. The molecule has 0 aliphatic rings. The highest BCUT2D eigenvalue weighted by Gasteiger charge is 2.12. The molecule has 1 amide bonds. The van der Waals surface area contributed by atoms with Crippen molar-refractivity contribution in [3.63, 3.8) is 0 Å². The van der Waals surface area contributed by atoms with Gasteiger partial charge < -0.3 is 11.1 Å². The average Bonchev–Trinajstić information content (AvgIpc) is 2.77.